The SMILES string of the molecule is CC(C)CCCCCNC(=O)c1cnc(OCC(O)CNCCOc2ccc(C(N)=O)cc2)s1. The zero-order valence-corrected chi connectivity index (χ0v) is 20.7. The van der Waals surface area contributed by atoms with E-state index in [-0.39, 0.29) is 12.5 Å². The maximum absolute atomic E-state index is 12.2. The van der Waals surface area contributed by atoms with Gasteiger partial charge in [0.1, 0.15) is 29.9 Å². The minimum absolute atomic E-state index is 0.0624. The van der Waals surface area contributed by atoms with Crippen molar-refractivity contribution in [2.75, 3.05) is 32.8 Å². The van der Waals surface area contributed by atoms with E-state index in [1.165, 1.54) is 19.0 Å². The van der Waals surface area contributed by atoms with E-state index in [9.17, 15) is 14.7 Å². The lowest BCUT2D eigenvalue weighted by Crippen LogP contribution is -2.33. The molecule has 0 spiro atoms. The van der Waals surface area contributed by atoms with Crippen LogP contribution in [0.25, 0.3) is 0 Å². The van der Waals surface area contributed by atoms with E-state index in [4.69, 9.17) is 15.2 Å². The molecule has 188 valence electrons. The first kappa shape index (κ1) is 27.6. The monoisotopic (exact) mass is 492 g/mol. The normalized spacial score (nSPS) is 11.9. The molecule has 0 saturated carbocycles. The third-order valence-electron chi connectivity index (χ3n) is 4.92. The van der Waals surface area contributed by atoms with Crippen LogP contribution in [0.5, 0.6) is 10.9 Å². The number of carbonyl (C=O) groups is 2. The summed E-state index contributed by atoms with van der Waals surface area (Å²) >= 11 is 1.16. The third-order valence-corrected chi connectivity index (χ3v) is 5.83. The Bertz CT molecular complexity index is 873. The van der Waals surface area contributed by atoms with Crippen molar-refractivity contribution in [3.63, 3.8) is 0 Å². The van der Waals surface area contributed by atoms with Crippen LogP contribution in [0.15, 0.2) is 30.5 Å². The van der Waals surface area contributed by atoms with Crippen LogP contribution in [-0.2, 0) is 0 Å². The fourth-order valence-electron chi connectivity index (χ4n) is 3.02. The first-order valence-corrected chi connectivity index (χ1v) is 12.4. The maximum Gasteiger partial charge on any atom is 0.273 e. The number of rotatable bonds is 17. The van der Waals surface area contributed by atoms with Gasteiger partial charge >= 0.3 is 0 Å². The number of ether oxygens (including phenoxy) is 2. The van der Waals surface area contributed by atoms with Crippen molar-refractivity contribution in [3.05, 3.63) is 40.9 Å². The molecule has 0 aliphatic carbocycles. The number of thiazole rings is 1. The second-order valence-electron chi connectivity index (χ2n) is 8.40. The molecule has 9 nitrogen and oxygen atoms in total. The highest BCUT2D eigenvalue weighted by Gasteiger charge is 2.12. The molecule has 0 aliphatic rings. The molecule has 1 heterocycles. The molecule has 0 aliphatic heterocycles. The van der Waals surface area contributed by atoms with E-state index in [0.29, 0.717) is 53.5 Å². The summed E-state index contributed by atoms with van der Waals surface area (Å²) in [4.78, 5) is 27.8. The molecule has 2 amide bonds. The highest BCUT2D eigenvalue weighted by molar-refractivity contribution is 7.15. The van der Waals surface area contributed by atoms with Crippen molar-refractivity contribution < 1.29 is 24.2 Å². The molecule has 0 saturated heterocycles. The summed E-state index contributed by atoms with van der Waals surface area (Å²) < 4.78 is 11.1. The highest BCUT2D eigenvalue weighted by atomic mass is 32.1. The Hall–Kier alpha value is -2.69. The summed E-state index contributed by atoms with van der Waals surface area (Å²) in [6, 6.07) is 6.57. The molecule has 0 radical (unpaired) electrons. The molecule has 2 aromatic rings. The molecule has 1 atom stereocenters. The Kier molecular flexibility index (Phi) is 12.4. The van der Waals surface area contributed by atoms with E-state index < -0.39 is 12.0 Å². The van der Waals surface area contributed by atoms with E-state index in [1.54, 1.807) is 24.3 Å². The lowest BCUT2D eigenvalue weighted by atomic mass is 10.1. The summed E-state index contributed by atoms with van der Waals surface area (Å²) in [5.41, 5.74) is 5.63. The van der Waals surface area contributed by atoms with Crippen molar-refractivity contribution in [1.29, 1.82) is 0 Å². The minimum atomic E-state index is -0.734. The maximum atomic E-state index is 12.2. The molecule has 1 unspecified atom stereocenters. The number of nitrogens with one attached hydrogen (secondary N) is 2. The van der Waals surface area contributed by atoms with Gasteiger partial charge in [0.05, 0.1) is 6.20 Å². The van der Waals surface area contributed by atoms with Gasteiger partial charge in [0.25, 0.3) is 11.1 Å². The average Bonchev–Trinajstić information content (AvgIpc) is 3.29. The number of aliphatic hydroxyl groups excluding tert-OH is 1. The van der Waals surface area contributed by atoms with E-state index in [1.807, 2.05) is 0 Å². The van der Waals surface area contributed by atoms with Gasteiger partial charge in [0.15, 0.2) is 0 Å². The lowest BCUT2D eigenvalue weighted by Gasteiger charge is -2.12. The summed E-state index contributed by atoms with van der Waals surface area (Å²) in [5, 5.41) is 16.4. The van der Waals surface area contributed by atoms with Crippen molar-refractivity contribution in [2.45, 2.75) is 45.6 Å². The van der Waals surface area contributed by atoms with Gasteiger partial charge in [-0.25, -0.2) is 4.98 Å². The molecular weight excluding hydrogens is 456 g/mol. The number of primary amides is 1. The highest BCUT2D eigenvalue weighted by Crippen LogP contribution is 2.20. The second kappa shape index (κ2) is 15.3. The molecule has 1 aromatic heterocycles. The standard InChI is InChI=1S/C24H36N4O5S/c1-17(2)6-4-3-5-11-27-23(31)21-15-28-24(34-21)33-16-19(29)14-26-12-13-32-20-9-7-18(8-10-20)22(25)30/h7-10,15,17,19,26,29H,3-6,11-14,16H2,1-2H3,(H2,25,30)(H,27,31). The Morgan fingerprint density at radius 3 is 2.59 bits per heavy atom. The number of nitrogens with two attached hydrogens (primary N) is 1. The molecule has 5 N–H and O–H groups in total. The number of hydrogen-bond donors (Lipinski definition) is 4. The van der Waals surface area contributed by atoms with Gasteiger partial charge in [-0.3, -0.25) is 9.59 Å². The average molecular weight is 493 g/mol. The van der Waals surface area contributed by atoms with Crippen molar-refractivity contribution in [3.8, 4) is 10.9 Å². The summed E-state index contributed by atoms with van der Waals surface area (Å²) in [6.07, 6.45) is 5.23. The summed E-state index contributed by atoms with van der Waals surface area (Å²) in [7, 11) is 0. The molecule has 10 heteroatoms. The summed E-state index contributed by atoms with van der Waals surface area (Å²) in [5.74, 6) is 0.714. The van der Waals surface area contributed by atoms with E-state index in [2.05, 4.69) is 29.5 Å². The number of carbonyl (C=O) groups excluding carboxylic acids is 2. The van der Waals surface area contributed by atoms with Gasteiger partial charge in [-0.05, 0) is 36.6 Å². The number of benzene rings is 1. The van der Waals surface area contributed by atoms with Crippen LogP contribution in [0.1, 0.15) is 59.6 Å². The predicted octanol–water partition coefficient (Wildman–Crippen LogP) is 2.60. The Morgan fingerprint density at radius 1 is 1.12 bits per heavy atom. The molecule has 0 bridgehead atoms. The molecule has 0 fully saturated rings. The fourth-order valence-corrected chi connectivity index (χ4v) is 3.72. The van der Waals surface area contributed by atoms with Crippen LogP contribution in [-0.4, -0.2) is 60.9 Å². The van der Waals surface area contributed by atoms with Crippen LogP contribution in [0, 0.1) is 5.92 Å². The largest absolute Gasteiger partial charge is 0.492 e. The quantitative estimate of drug-likeness (QED) is 0.249. The molecular formula is C24H36N4O5S. The number of aromatic nitrogens is 1. The lowest BCUT2D eigenvalue weighted by molar-refractivity contribution is 0.0955. The molecule has 1 aromatic carbocycles. The third kappa shape index (κ3) is 11.0. The van der Waals surface area contributed by atoms with Crippen molar-refractivity contribution >= 4 is 23.2 Å². The predicted molar refractivity (Wildman–Crippen MR) is 133 cm³/mol. The van der Waals surface area contributed by atoms with Crippen molar-refractivity contribution in [1.82, 2.24) is 15.6 Å². The van der Waals surface area contributed by atoms with Crippen LogP contribution in [0.3, 0.4) is 0 Å². The Morgan fingerprint density at radius 2 is 1.88 bits per heavy atom. The van der Waals surface area contributed by atoms with Crippen LogP contribution in [0.4, 0.5) is 0 Å². The van der Waals surface area contributed by atoms with Gasteiger partial charge in [-0.1, -0.05) is 44.4 Å². The van der Waals surface area contributed by atoms with Crippen LogP contribution >= 0.6 is 11.3 Å². The number of unbranched alkanes of at least 4 members (excludes halogenated alkanes) is 2. The molecule has 34 heavy (non-hydrogen) atoms. The number of amides is 2. The van der Waals surface area contributed by atoms with E-state index in [0.717, 1.165) is 24.2 Å². The zero-order valence-electron chi connectivity index (χ0n) is 19.9. The fraction of sp³-hybridized carbons (Fsp3) is 0.542. The van der Waals surface area contributed by atoms with Crippen molar-refractivity contribution in [2.24, 2.45) is 11.7 Å². The first-order chi connectivity index (χ1) is 16.3. The van der Waals surface area contributed by atoms with Crippen LogP contribution in [0.2, 0.25) is 0 Å². The second-order valence-corrected chi connectivity index (χ2v) is 9.39. The topological polar surface area (TPSA) is 136 Å². The van der Waals surface area contributed by atoms with Gasteiger partial charge in [0, 0.05) is 25.2 Å². The number of aliphatic hydroxyl groups is 1. The van der Waals surface area contributed by atoms with Crippen LogP contribution < -0.4 is 25.8 Å². The Labute approximate surface area is 205 Å². The Balaban J connectivity index is 1.55. The molecule has 2 rings (SSSR count). The minimum Gasteiger partial charge on any atom is -0.492 e. The smallest absolute Gasteiger partial charge is 0.273 e. The first-order valence-electron chi connectivity index (χ1n) is 11.6. The van der Waals surface area contributed by atoms with Gasteiger partial charge in [-0.2, -0.15) is 0 Å². The number of hydrogen-bond acceptors (Lipinski definition) is 8. The van der Waals surface area contributed by atoms with Gasteiger partial charge in [0.2, 0.25) is 5.91 Å². The van der Waals surface area contributed by atoms with Gasteiger partial charge in [-0.15, -0.1) is 0 Å². The zero-order chi connectivity index (χ0) is 24.8. The van der Waals surface area contributed by atoms with Gasteiger partial charge < -0.3 is 30.9 Å². The summed E-state index contributed by atoms with van der Waals surface area (Å²) in [6.45, 7) is 6.38. The van der Waals surface area contributed by atoms with E-state index >= 15 is 0 Å². The number of nitrogens with zero attached hydrogens (tertiary/aromatic N) is 1.